The monoisotopic (exact) mass is 448 g/mol. The van der Waals surface area contributed by atoms with Crippen molar-refractivity contribution in [2.75, 3.05) is 5.32 Å². The number of carbonyl (C=O) groups excluding carboxylic acids is 1. The van der Waals surface area contributed by atoms with E-state index in [0.717, 1.165) is 16.7 Å². The number of hydrogen-bond donors (Lipinski definition) is 1. The number of thiazole rings is 1. The summed E-state index contributed by atoms with van der Waals surface area (Å²) in [6, 6.07) is 19.5. The Morgan fingerprint density at radius 1 is 1.00 bits per heavy atom. The van der Waals surface area contributed by atoms with E-state index in [0.29, 0.717) is 16.6 Å². The fourth-order valence-electron chi connectivity index (χ4n) is 2.87. The molecular weight excluding hydrogens is 430 g/mol. The molecule has 4 rings (SSSR count). The van der Waals surface area contributed by atoms with Crippen molar-refractivity contribution in [3.63, 3.8) is 0 Å². The zero-order valence-corrected chi connectivity index (χ0v) is 17.6. The van der Waals surface area contributed by atoms with E-state index in [1.807, 2.05) is 12.1 Å². The Morgan fingerprint density at radius 2 is 1.78 bits per heavy atom. The van der Waals surface area contributed by atoms with Crippen LogP contribution in [0.2, 0.25) is 0 Å². The number of nitrogens with one attached hydrogen (secondary N) is 1. The molecule has 0 aliphatic carbocycles. The van der Waals surface area contributed by atoms with Crippen molar-refractivity contribution >= 4 is 28.5 Å². The van der Waals surface area contributed by atoms with Gasteiger partial charge in [-0.1, -0.05) is 24.3 Å². The van der Waals surface area contributed by atoms with Gasteiger partial charge in [0.15, 0.2) is 5.13 Å². The van der Waals surface area contributed by atoms with Crippen LogP contribution in [0.4, 0.5) is 13.9 Å². The third-order valence-corrected chi connectivity index (χ3v) is 5.23. The average molecular weight is 448 g/mol. The molecule has 1 aromatic heterocycles. The van der Waals surface area contributed by atoms with Gasteiger partial charge in [0.25, 0.3) is 0 Å². The lowest BCUT2D eigenvalue weighted by Crippen LogP contribution is -2.07. The molecule has 32 heavy (non-hydrogen) atoms. The van der Waals surface area contributed by atoms with Gasteiger partial charge in [0.05, 0.1) is 5.69 Å². The van der Waals surface area contributed by atoms with Crippen LogP contribution in [0.1, 0.15) is 11.1 Å². The SMILES string of the molecule is O=C(C=Cc1ccc(OCc2cccc(F)c2)cc1)Nc1nc(-c2ccc(F)cc2)cs1. The van der Waals surface area contributed by atoms with Gasteiger partial charge in [-0.3, -0.25) is 10.1 Å². The molecule has 0 fully saturated rings. The number of benzene rings is 3. The van der Waals surface area contributed by atoms with E-state index < -0.39 is 0 Å². The van der Waals surface area contributed by atoms with Crippen molar-refractivity contribution in [2.24, 2.45) is 0 Å². The molecule has 0 saturated carbocycles. The van der Waals surface area contributed by atoms with E-state index in [9.17, 15) is 13.6 Å². The van der Waals surface area contributed by atoms with Gasteiger partial charge >= 0.3 is 0 Å². The average Bonchev–Trinajstić information content (AvgIpc) is 3.26. The molecule has 0 aliphatic rings. The molecule has 0 saturated heterocycles. The highest BCUT2D eigenvalue weighted by molar-refractivity contribution is 7.14. The fourth-order valence-corrected chi connectivity index (χ4v) is 3.59. The molecule has 0 bridgehead atoms. The van der Waals surface area contributed by atoms with Crippen LogP contribution in [0.25, 0.3) is 17.3 Å². The van der Waals surface area contributed by atoms with Gasteiger partial charge in [0.1, 0.15) is 24.0 Å². The molecule has 1 N–H and O–H groups in total. The van der Waals surface area contributed by atoms with E-state index in [2.05, 4.69) is 10.3 Å². The summed E-state index contributed by atoms with van der Waals surface area (Å²) in [7, 11) is 0. The predicted octanol–water partition coefficient (Wildman–Crippen LogP) is 6.32. The summed E-state index contributed by atoms with van der Waals surface area (Å²) in [4.78, 5) is 16.6. The number of ether oxygens (including phenoxy) is 1. The van der Waals surface area contributed by atoms with Gasteiger partial charge < -0.3 is 4.74 Å². The topological polar surface area (TPSA) is 51.2 Å². The first kappa shape index (κ1) is 21.4. The fraction of sp³-hybridized carbons (Fsp3) is 0.0400. The standard InChI is InChI=1S/C25H18F2N2O2S/c26-20-9-7-19(8-10-20)23-16-32-25(28-23)29-24(30)13-6-17-4-11-22(12-5-17)31-15-18-2-1-3-21(27)14-18/h1-14,16H,15H2,(H,28,29,30). The number of nitrogens with zero attached hydrogens (tertiary/aromatic N) is 1. The Kier molecular flexibility index (Phi) is 6.67. The zero-order valence-electron chi connectivity index (χ0n) is 16.8. The molecule has 0 aliphatic heterocycles. The molecule has 0 radical (unpaired) electrons. The van der Waals surface area contributed by atoms with Crippen LogP contribution in [0.15, 0.2) is 84.3 Å². The molecule has 1 heterocycles. The smallest absolute Gasteiger partial charge is 0.250 e. The predicted molar refractivity (Wildman–Crippen MR) is 122 cm³/mol. The number of anilines is 1. The van der Waals surface area contributed by atoms with Gasteiger partial charge in [-0.25, -0.2) is 13.8 Å². The summed E-state index contributed by atoms with van der Waals surface area (Å²) in [5.41, 5.74) is 3.02. The summed E-state index contributed by atoms with van der Waals surface area (Å²) in [6.07, 6.45) is 3.10. The molecule has 4 aromatic rings. The molecule has 0 spiro atoms. The number of hydrogen-bond acceptors (Lipinski definition) is 4. The lowest BCUT2D eigenvalue weighted by atomic mass is 10.2. The van der Waals surface area contributed by atoms with Crippen molar-refractivity contribution in [3.8, 4) is 17.0 Å². The number of rotatable bonds is 7. The largest absolute Gasteiger partial charge is 0.489 e. The highest BCUT2D eigenvalue weighted by Crippen LogP contribution is 2.25. The Bertz CT molecular complexity index is 1240. The van der Waals surface area contributed by atoms with Crippen LogP contribution in [-0.4, -0.2) is 10.9 Å². The molecule has 0 atom stereocenters. The van der Waals surface area contributed by atoms with Gasteiger partial charge in [0.2, 0.25) is 5.91 Å². The minimum atomic E-state index is -0.311. The summed E-state index contributed by atoms with van der Waals surface area (Å²) in [5.74, 6) is -0.272. The maximum atomic E-state index is 13.2. The normalized spacial score (nSPS) is 10.9. The Labute approximate surface area is 187 Å². The molecular formula is C25H18F2N2O2S. The highest BCUT2D eigenvalue weighted by Gasteiger charge is 2.07. The second-order valence-electron chi connectivity index (χ2n) is 6.86. The van der Waals surface area contributed by atoms with Crippen LogP contribution < -0.4 is 10.1 Å². The van der Waals surface area contributed by atoms with Crippen LogP contribution >= 0.6 is 11.3 Å². The van der Waals surface area contributed by atoms with Crippen molar-refractivity contribution in [1.82, 2.24) is 4.98 Å². The maximum Gasteiger partial charge on any atom is 0.250 e. The summed E-state index contributed by atoms with van der Waals surface area (Å²) < 4.78 is 31.9. The van der Waals surface area contributed by atoms with E-state index in [4.69, 9.17) is 4.74 Å². The lowest BCUT2D eigenvalue weighted by Gasteiger charge is -2.06. The van der Waals surface area contributed by atoms with Gasteiger partial charge in [-0.05, 0) is 65.7 Å². The van der Waals surface area contributed by atoms with Crippen molar-refractivity contribution < 1.29 is 18.3 Å². The zero-order chi connectivity index (χ0) is 22.3. The van der Waals surface area contributed by atoms with Crippen LogP contribution in [0, 0.1) is 11.6 Å². The number of aromatic nitrogens is 1. The van der Waals surface area contributed by atoms with Gasteiger partial charge in [-0.15, -0.1) is 11.3 Å². The molecule has 7 heteroatoms. The molecule has 160 valence electrons. The Balaban J connectivity index is 1.30. The van der Waals surface area contributed by atoms with Crippen molar-refractivity contribution in [3.05, 3.63) is 107 Å². The lowest BCUT2D eigenvalue weighted by molar-refractivity contribution is -0.111. The Hall–Kier alpha value is -3.84. The first-order chi connectivity index (χ1) is 15.5. The third kappa shape index (κ3) is 5.86. The number of amides is 1. The van der Waals surface area contributed by atoms with E-state index in [-0.39, 0.29) is 24.1 Å². The van der Waals surface area contributed by atoms with Crippen LogP contribution in [-0.2, 0) is 11.4 Å². The van der Waals surface area contributed by atoms with Crippen LogP contribution in [0.3, 0.4) is 0 Å². The van der Waals surface area contributed by atoms with Crippen molar-refractivity contribution in [2.45, 2.75) is 6.61 Å². The first-order valence-electron chi connectivity index (χ1n) is 9.73. The summed E-state index contributed by atoms with van der Waals surface area (Å²) in [5, 5.41) is 4.98. The minimum Gasteiger partial charge on any atom is -0.489 e. The molecule has 1 amide bonds. The molecule has 4 nitrogen and oxygen atoms in total. The van der Waals surface area contributed by atoms with Gasteiger partial charge in [-0.2, -0.15) is 0 Å². The second-order valence-corrected chi connectivity index (χ2v) is 7.71. The molecule has 3 aromatic carbocycles. The second kappa shape index (κ2) is 9.98. The van der Waals surface area contributed by atoms with Crippen molar-refractivity contribution in [1.29, 1.82) is 0 Å². The van der Waals surface area contributed by atoms with Gasteiger partial charge in [0, 0.05) is 17.0 Å². The van der Waals surface area contributed by atoms with E-state index in [1.54, 1.807) is 47.9 Å². The highest BCUT2D eigenvalue weighted by atomic mass is 32.1. The minimum absolute atomic E-state index is 0.267. The van der Waals surface area contributed by atoms with E-state index >= 15 is 0 Å². The number of halogens is 2. The van der Waals surface area contributed by atoms with Crippen LogP contribution in [0.5, 0.6) is 5.75 Å². The Morgan fingerprint density at radius 3 is 2.53 bits per heavy atom. The summed E-state index contributed by atoms with van der Waals surface area (Å²) in [6.45, 7) is 0.267. The summed E-state index contributed by atoms with van der Waals surface area (Å²) >= 11 is 1.29. The first-order valence-corrected chi connectivity index (χ1v) is 10.6. The maximum absolute atomic E-state index is 13.2. The van der Waals surface area contributed by atoms with E-state index in [1.165, 1.54) is 41.7 Å². The third-order valence-electron chi connectivity index (χ3n) is 4.48. The molecule has 0 unspecified atom stereocenters. The quantitative estimate of drug-likeness (QED) is 0.337. The number of carbonyl (C=O) groups is 1.